The maximum atomic E-state index is 12.3. The van der Waals surface area contributed by atoms with Crippen molar-refractivity contribution in [3.05, 3.63) is 6.20 Å². The number of anilines is 1. The van der Waals surface area contributed by atoms with Crippen molar-refractivity contribution in [3.63, 3.8) is 0 Å². The minimum atomic E-state index is -3.75. The summed E-state index contributed by atoms with van der Waals surface area (Å²) >= 11 is 0. The van der Waals surface area contributed by atoms with Gasteiger partial charge in [-0.1, -0.05) is 0 Å². The molecule has 2 heterocycles. The number of nitrogen functional groups attached to an aromatic ring is 1. The third kappa shape index (κ3) is 2.18. The van der Waals surface area contributed by atoms with Crippen LogP contribution in [0, 0.1) is 0 Å². The summed E-state index contributed by atoms with van der Waals surface area (Å²) in [7, 11) is -3.75. The summed E-state index contributed by atoms with van der Waals surface area (Å²) in [6, 6.07) is 0. The summed E-state index contributed by atoms with van der Waals surface area (Å²) < 4.78 is 27.2. The number of carbonyl (C=O) groups is 1. The van der Waals surface area contributed by atoms with E-state index in [0.717, 1.165) is 4.31 Å². The molecule has 0 spiro atoms. The Labute approximate surface area is 105 Å². The van der Waals surface area contributed by atoms with E-state index >= 15 is 0 Å². The predicted octanol–water partition coefficient (Wildman–Crippen LogP) is -1.39. The van der Waals surface area contributed by atoms with Crippen LogP contribution < -0.4 is 11.1 Å². The number of aryl methyl sites for hydroxylation is 1. The SMILES string of the molecule is CCn1cc(S(=O)(=O)N2CCNC(=O)C2)c(N)n1. The average Bonchev–Trinajstić information content (AvgIpc) is 2.71. The molecule has 0 unspecified atom stereocenters. The normalized spacial score (nSPS) is 17.7. The molecule has 0 bridgehead atoms. The Morgan fingerprint density at radius 3 is 2.83 bits per heavy atom. The number of nitrogens with one attached hydrogen (secondary N) is 1. The van der Waals surface area contributed by atoms with Crippen LogP contribution in [0.5, 0.6) is 0 Å². The van der Waals surface area contributed by atoms with E-state index in [1.165, 1.54) is 10.9 Å². The quantitative estimate of drug-likeness (QED) is 0.704. The molecule has 0 aliphatic carbocycles. The number of hydrogen-bond acceptors (Lipinski definition) is 5. The lowest BCUT2D eigenvalue weighted by Crippen LogP contribution is -2.49. The molecular formula is C9H15N5O3S. The molecule has 0 saturated carbocycles. The van der Waals surface area contributed by atoms with Crippen molar-refractivity contribution in [1.82, 2.24) is 19.4 Å². The van der Waals surface area contributed by atoms with Gasteiger partial charge in [0.1, 0.15) is 4.90 Å². The van der Waals surface area contributed by atoms with E-state index in [1.54, 1.807) is 0 Å². The molecule has 1 aliphatic rings. The Kier molecular flexibility index (Phi) is 3.26. The van der Waals surface area contributed by atoms with Gasteiger partial charge < -0.3 is 11.1 Å². The van der Waals surface area contributed by atoms with Gasteiger partial charge in [0.2, 0.25) is 15.9 Å². The van der Waals surface area contributed by atoms with Gasteiger partial charge in [-0.15, -0.1) is 0 Å². The fraction of sp³-hybridized carbons (Fsp3) is 0.556. The molecule has 1 saturated heterocycles. The van der Waals surface area contributed by atoms with Crippen molar-refractivity contribution in [2.75, 3.05) is 25.4 Å². The van der Waals surface area contributed by atoms with Gasteiger partial charge in [-0.2, -0.15) is 9.40 Å². The van der Waals surface area contributed by atoms with Crippen molar-refractivity contribution >= 4 is 21.7 Å². The van der Waals surface area contributed by atoms with Gasteiger partial charge in [0.25, 0.3) is 0 Å². The third-order valence-corrected chi connectivity index (χ3v) is 4.56. The molecule has 3 N–H and O–H groups in total. The first-order valence-electron chi connectivity index (χ1n) is 5.55. The second-order valence-corrected chi connectivity index (χ2v) is 5.83. The van der Waals surface area contributed by atoms with Gasteiger partial charge in [0.05, 0.1) is 6.54 Å². The highest BCUT2D eigenvalue weighted by Crippen LogP contribution is 2.21. The molecule has 0 radical (unpaired) electrons. The van der Waals surface area contributed by atoms with Crippen LogP contribution >= 0.6 is 0 Å². The molecule has 0 aromatic carbocycles. The number of nitrogens with zero attached hydrogens (tertiary/aromatic N) is 3. The lowest BCUT2D eigenvalue weighted by Gasteiger charge is -2.25. The van der Waals surface area contributed by atoms with Gasteiger partial charge >= 0.3 is 0 Å². The molecule has 9 heteroatoms. The van der Waals surface area contributed by atoms with E-state index in [4.69, 9.17) is 5.73 Å². The van der Waals surface area contributed by atoms with Crippen molar-refractivity contribution in [2.24, 2.45) is 0 Å². The molecular weight excluding hydrogens is 258 g/mol. The average molecular weight is 273 g/mol. The maximum Gasteiger partial charge on any atom is 0.248 e. The zero-order valence-electron chi connectivity index (χ0n) is 9.96. The van der Waals surface area contributed by atoms with E-state index < -0.39 is 10.0 Å². The lowest BCUT2D eigenvalue weighted by atomic mass is 10.4. The van der Waals surface area contributed by atoms with E-state index in [9.17, 15) is 13.2 Å². The summed E-state index contributed by atoms with van der Waals surface area (Å²) in [5.41, 5.74) is 5.61. The third-order valence-electron chi connectivity index (χ3n) is 2.70. The van der Waals surface area contributed by atoms with Crippen molar-refractivity contribution in [3.8, 4) is 0 Å². The van der Waals surface area contributed by atoms with Gasteiger partial charge in [-0.05, 0) is 6.92 Å². The number of amides is 1. The second kappa shape index (κ2) is 4.58. The summed E-state index contributed by atoms with van der Waals surface area (Å²) in [5.74, 6) is -0.353. The minimum absolute atomic E-state index is 0.0390. The van der Waals surface area contributed by atoms with E-state index in [2.05, 4.69) is 10.4 Å². The van der Waals surface area contributed by atoms with E-state index in [-0.39, 0.29) is 29.7 Å². The molecule has 100 valence electrons. The van der Waals surface area contributed by atoms with E-state index in [1.807, 2.05) is 6.92 Å². The van der Waals surface area contributed by atoms with Crippen LogP contribution in [0.4, 0.5) is 5.82 Å². The molecule has 0 atom stereocenters. The summed E-state index contributed by atoms with van der Waals surface area (Å²) in [5, 5.41) is 6.47. The summed E-state index contributed by atoms with van der Waals surface area (Å²) in [6.45, 7) is 2.72. The number of piperazine rings is 1. The van der Waals surface area contributed by atoms with Gasteiger partial charge in [-0.3, -0.25) is 9.48 Å². The summed E-state index contributed by atoms with van der Waals surface area (Å²) in [4.78, 5) is 11.2. The molecule has 1 amide bonds. The number of sulfonamides is 1. The Hall–Kier alpha value is -1.61. The van der Waals surface area contributed by atoms with Crippen molar-refractivity contribution in [1.29, 1.82) is 0 Å². The van der Waals surface area contributed by atoms with Gasteiger partial charge in [0.15, 0.2) is 5.82 Å². The first kappa shape index (κ1) is 12.8. The van der Waals surface area contributed by atoms with Gasteiger partial charge in [-0.25, -0.2) is 8.42 Å². The fourth-order valence-corrected chi connectivity index (χ4v) is 3.20. The van der Waals surface area contributed by atoms with Crippen molar-refractivity contribution < 1.29 is 13.2 Å². The smallest absolute Gasteiger partial charge is 0.248 e. The van der Waals surface area contributed by atoms with Crippen molar-refractivity contribution in [2.45, 2.75) is 18.4 Å². The van der Waals surface area contributed by atoms with E-state index in [0.29, 0.717) is 13.1 Å². The highest BCUT2D eigenvalue weighted by Gasteiger charge is 2.32. The zero-order chi connectivity index (χ0) is 13.3. The molecule has 1 aliphatic heterocycles. The summed E-state index contributed by atoms with van der Waals surface area (Å²) in [6.07, 6.45) is 1.39. The molecule has 1 fully saturated rings. The molecule has 1 aromatic heterocycles. The number of nitrogens with two attached hydrogens (primary N) is 1. The molecule has 1 aromatic rings. The standard InChI is InChI=1S/C9H15N5O3S/c1-2-13-5-7(9(10)12-13)18(16,17)14-4-3-11-8(15)6-14/h5H,2-4,6H2,1H3,(H2,10,12)(H,11,15). The maximum absolute atomic E-state index is 12.3. The van der Waals surface area contributed by atoms with Crippen LogP contribution in [0.2, 0.25) is 0 Å². The first-order chi connectivity index (χ1) is 8.45. The number of carbonyl (C=O) groups excluding carboxylic acids is 1. The Balaban J connectivity index is 2.35. The highest BCUT2D eigenvalue weighted by atomic mass is 32.2. The Morgan fingerprint density at radius 1 is 1.56 bits per heavy atom. The number of hydrogen-bond donors (Lipinski definition) is 2. The topological polar surface area (TPSA) is 110 Å². The molecule has 18 heavy (non-hydrogen) atoms. The minimum Gasteiger partial charge on any atom is -0.381 e. The Bertz CT molecular complexity index is 565. The lowest BCUT2D eigenvalue weighted by molar-refractivity contribution is -0.122. The largest absolute Gasteiger partial charge is 0.381 e. The fourth-order valence-electron chi connectivity index (χ4n) is 1.74. The Morgan fingerprint density at radius 2 is 2.28 bits per heavy atom. The first-order valence-corrected chi connectivity index (χ1v) is 6.99. The molecule has 8 nitrogen and oxygen atoms in total. The van der Waals surface area contributed by atoms with Crippen LogP contribution in [-0.2, 0) is 21.4 Å². The number of rotatable bonds is 3. The van der Waals surface area contributed by atoms with Crippen LogP contribution in [-0.4, -0.2) is 48.0 Å². The molecule has 2 rings (SSSR count). The van der Waals surface area contributed by atoms with Crippen LogP contribution in [0.1, 0.15) is 6.92 Å². The van der Waals surface area contributed by atoms with Crippen LogP contribution in [0.15, 0.2) is 11.1 Å². The monoisotopic (exact) mass is 273 g/mol. The second-order valence-electron chi connectivity index (χ2n) is 3.92. The zero-order valence-corrected chi connectivity index (χ0v) is 10.8. The van der Waals surface area contributed by atoms with Crippen LogP contribution in [0.3, 0.4) is 0 Å². The number of aromatic nitrogens is 2. The van der Waals surface area contributed by atoms with Gasteiger partial charge in [0, 0.05) is 25.8 Å². The van der Waals surface area contributed by atoms with Crippen LogP contribution in [0.25, 0.3) is 0 Å². The highest BCUT2D eigenvalue weighted by molar-refractivity contribution is 7.89. The predicted molar refractivity (Wildman–Crippen MR) is 64.1 cm³/mol.